The lowest BCUT2D eigenvalue weighted by Crippen LogP contribution is -2.36. The summed E-state index contributed by atoms with van der Waals surface area (Å²) in [4.78, 5) is 13.6. The number of nitrogens with two attached hydrogens (primary N) is 1. The first-order valence-electron chi connectivity index (χ1n) is 6.28. The van der Waals surface area contributed by atoms with Crippen LogP contribution in [0.25, 0.3) is 0 Å². The van der Waals surface area contributed by atoms with Crippen molar-refractivity contribution >= 4 is 17.5 Å². The zero-order valence-electron chi connectivity index (χ0n) is 10.7. The normalized spacial score (nSPS) is 25.1. The Morgan fingerprint density at radius 2 is 2.11 bits per heavy atom. The number of carbonyl (C=O) groups is 1. The molecule has 1 aliphatic rings. The van der Waals surface area contributed by atoms with Gasteiger partial charge < -0.3 is 10.6 Å². The topological polar surface area (TPSA) is 46.3 Å². The highest BCUT2D eigenvalue weighted by atomic mass is 35.5. The van der Waals surface area contributed by atoms with Gasteiger partial charge in [0.25, 0.3) is 0 Å². The minimum absolute atomic E-state index is 0.168. The zero-order chi connectivity index (χ0) is 13.2. The van der Waals surface area contributed by atoms with Gasteiger partial charge in [0.15, 0.2) is 0 Å². The molecule has 4 heteroatoms. The molecule has 0 bridgehead atoms. The molecule has 98 valence electrons. The highest BCUT2D eigenvalue weighted by Gasteiger charge is 2.35. The van der Waals surface area contributed by atoms with Crippen LogP contribution in [-0.2, 0) is 10.2 Å². The van der Waals surface area contributed by atoms with E-state index in [1.807, 2.05) is 31.3 Å². The summed E-state index contributed by atoms with van der Waals surface area (Å²) in [7, 11) is 1.85. The molecule has 1 aromatic rings. The summed E-state index contributed by atoms with van der Waals surface area (Å²) in [6.07, 6.45) is 2.19. The van der Waals surface area contributed by atoms with E-state index >= 15 is 0 Å². The maximum absolute atomic E-state index is 11.8. The van der Waals surface area contributed by atoms with Crippen molar-refractivity contribution in [3.8, 4) is 0 Å². The Bertz CT molecular complexity index is 449. The molecule has 0 aromatic heterocycles. The van der Waals surface area contributed by atoms with E-state index in [4.69, 9.17) is 17.3 Å². The summed E-state index contributed by atoms with van der Waals surface area (Å²) >= 11 is 6.30. The number of hydrogen-bond donors (Lipinski definition) is 1. The lowest BCUT2D eigenvalue weighted by Gasteiger charge is -2.32. The molecule has 1 heterocycles. The number of likely N-dealkylation sites (tertiary alicyclic amines) is 1. The van der Waals surface area contributed by atoms with Crippen LogP contribution in [0.3, 0.4) is 0 Å². The first-order chi connectivity index (χ1) is 8.59. The predicted molar refractivity (Wildman–Crippen MR) is 73.7 cm³/mol. The molecule has 0 spiro atoms. The number of benzene rings is 1. The van der Waals surface area contributed by atoms with E-state index < -0.39 is 0 Å². The Morgan fingerprint density at radius 1 is 1.39 bits per heavy atom. The minimum Gasteiger partial charge on any atom is -0.346 e. The molecule has 1 fully saturated rings. The first-order valence-corrected chi connectivity index (χ1v) is 6.66. The molecule has 1 atom stereocenters. The Labute approximate surface area is 113 Å². The van der Waals surface area contributed by atoms with E-state index in [1.54, 1.807) is 4.90 Å². The van der Waals surface area contributed by atoms with Gasteiger partial charge in [-0.3, -0.25) is 4.79 Å². The van der Waals surface area contributed by atoms with Gasteiger partial charge in [-0.1, -0.05) is 29.8 Å². The Morgan fingerprint density at radius 3 is 2.78 bits per heavy atom. The standard InChI is InChI=1S/C14H19ClN2O/c1-17-9-8-14(10-16,7-6-13(17)18)11-4-2-3-5-12(11)15/h2-5H,6-10,16H2,1H3. The maximum atomic E-state index is 11.8. The third-order valence-electron chi connectivity index (χ3n) is 4.00. The largest absolute Gasteiger partial charge is 0.346 e. The quantitative estimate of drug-likeness (QED) is 0.892. The second-order valence-corrected chi connectivity index (χ2v) is 5.44. The molecule has 0 radical (unpaired) electrons. The van der Waals surface area contributed by atoms with Gasteiger partial charge >= 0.3 is 0 Å². The average molecular weight is 267 g/mol. The predicted octanol–water partition coefficient (Wildman–Crippen LogP) is 2.18. The van der Waals surface area contributed by atoms with Gasteiger partial charge in [0.2, 0.25) is 5.91 Å². The van der Waals surface area contributed by atoms with Crippen LogP contribution in [0.5, 0.6) is 0 Å². The fourth-order valence-corrected chi connectivity index (χ4v) is 2.98. The number of halogens is 1. The van der Waals surface area contributed by atoms with E-state index in [0.717, 1.165) is 30.0 Å². The van der Waals surface area contributed by atoms with E-state index in [-0.39, 0.29) is 11.3 Å². The molecule has 0 aliphatic carbocycles. The van der Waals surface area contributed by atoms with Crippen molar-refractivity contribution < 1.29 is 4.79 Å². The maximum Gasteiger partial charge on any atom is 0.222 e. The lowest BCUT2D eigenvalue weighted by molar-refractivity contribution is -0.129. The second-order valence-electron chi connectivity index (χ2n) is 5.03. The molecule has 0 saturated carbocycles. The lowest BCUT2D eigenvalue weighted by atomic mass is 9.74. The molecule has 1 saturated heterocycles. The highest BCUT2D eigenvalue weighted by Crippen LogP contribution is 2.38. The summed E-state index contributed by atoms with van der Waals surface area (Å²) in [5.41, 5.74) is 6.92. The summed E-state index contributed by atoms with van der Waals surface area (Å²) in [6.45, 7) is 1.26. The van der Waals surface area contributed by atoms with Crippen molar-refractivity contribution in [1.82, 2.24) is 4.90 Å². The van der Waals surface area contributed by atoms with Gasteiger partial charge in [-0.15, -0.1) is 0 Å². The summed E-state index contributed by atoms with van der Waals surface area (Å²) in [5, 5.41) is 0.750. The highest BCUT2D eigenvalue weighted by molar-refractivity contribution is 6.31. The summed E-state index contributed by atoms with van der Waals surface area (Å²) in [6, 6.07) is 7.83. The fourth-order valence-electron chi connectivity index (χ4n) is 2.64. The second kappa shape index (κ2) is 5.29. The number of amides is 1. The van der Waals surface area contributed by atoms with E-state index in [0.29, 0.717) is 13.0 Å². The summed E-state index contributed by atoms with van der Waals surface area (Å²) < 4.78 is 0. The SMILES string of the molecule is CN1CCC(CN)(c2ccccc2Cl)CCC1=O. The molecule has 18 heavy (non-hydrogen) atoms. The first kappa shape index (κ1) is 13.4. The summed E-state index contributed by atoms with van der Waals surface area (Å²) in [5.74, 6) is 0.192. The Hall–Kier alpha value is -1.06. The number of nitrogens with zero attached hydrogens (tertiary/aromatic N) is 1. The third-order valence-corrected chi connectivity index (χ3v) is 4.33. The Kier molecular flexibility index (Phi) is 3.93. The van der Waals surface area contributed by atoms with Gasteiger partial charge in [-0.2, -0.15) is 0 Å². The van der Waals surface area contributed by atoms with Crippen LogP contribution in [0.15, 0.2) is 24.3 Å². The van der Waals surface area contributed by atoms with Crippen LogP contribution >= 0.6 is 11.6 Å². The van der Waals surface area contributed by atoms with Gasteiger partial charge in [0, 0.05) is 37.0 Å². The average Bonchev–Trinajstić information content (AvgIpc) is 2.53. The van der Waals surface area contributed by atoms with E-state index in [2.05, 4.69) is 0 Å². The van der Waals surface area contributed by atoms with Crippen molar-refractivity contribution in [2.45, 2.75) is 24.7 Å². The molecule has 1 amide bonds. The molecule has 1 aliphatic heterocycles. The van der Waals surface area contributed by atoms with Crippen LogP contribution < -0.4 is 5.73 Å². The number of rotatable bonds is 2. The van der Waals surface area contributed by atoms with E-state index in [1.165, 1.54) is 0 Å². The van der Waals surface area contributed by atoms with Crippen LogP contribution in [0.1, 0.15) is 24.8 Å². The van der Waals surface area contributed by atoms with Crippen LogP contribution in [0, 0.1) is 0 Å². The molecule has 2 N–H and O–H groups in total. The van der Waals surface area contributed by atoms with Gasteiger partial charge in [0.1, 0.15) is 0 Å². The third kappa shape index (κ3) is 2.38. The zero-order valence-corrected chi connectivity index (χ0v) is 11.4. The van der Waals surface area contributed by atoms with E-state index in [9.17, 15) is 4.79 Å². The smallest absolute Gasteiger partial charge is 0.222 e. The van der Waals surface area contributed by atoms with Crippen molar-refractivity contribution in [2.24, 2.45) is 5.73 Å². The van der Waals surface area contributed by atoms with Gasteiger partial charge in [0.05, 0.1) is 0 Å². The van der Waals surface area contributed by atoms with Crippen molar-refractivity contribution in [1.29, 1.82) is 0 Å². The van der Waals surface area contributed by atoms with Crippen molar-refractivity contribution in [3.05, 3.63) is 34.9 Å². The molecule has 3 nitrogen and oxygen atoms in total. The monoisotopic (exact) mass is 266 g/mol. The van der Waals surface area contributed by atoms with Crippen molar-refractivity contribution in [3.63, 3.8) is 0 Å². The fraction of sp³-hybridized carbons (Fsp3) is 0.500. The number of hydrogen-bond acceptors (Lipinski definition) is 2. The Balaban J connectivity index is 2.37. The minimum atomic E-state index is -0.168. The molecule has 2 rings (SSSR count). The van der Waals surface area contributed by atoms with Crippen LogP contribution in [0.2, 0.25) is 5.02 Å². The van der Waals surface area contributed by atoms with Gasteiger partial charge in [-0.25, -0.2) is 0 Å². The van der Waals surface area contributed by atoms with Crippen LogP contribution in [-0.4, -0.2) is 30.9 Å². The molecule has 1 aromatic carbocycles. The molecule has 1 unspecified atom stereocenters. The van der Waals surface area contributed by atoms with Gasteiger partial charge in [-0.05, 0) is 24.5 Å². The van der Waals surface area contributed by atoms with Crippen molar-refractivity contribution in [2.75, 3.05) is 20.1 Å². The number of carbonyl (C=O) groups excluding carboxylic acids is 1. The molecular formula is C14H19ClN2O. The molecular weight excluding hydrogens is 248 g/mol. The van der Waals surface area contributed by atoms with Crippen LogP contribution in [0.4, 0.5) is 0 Å².